The van der Waals surface area contributed by atoms with Gasteiger partial charge < -0.3 is 6.15 Å². The highest BCUT2D eigenvalue weighted by atomic mass is 35.5. The molecule has 0 aliphatic carbocycles. The standard InChI is InChI=1S/C15H14Cl2.H3N/c1-11(13-5-3-2-4-6-13)9-12-7-8-14(16)15(17)10-12;/h2-8,10-11H,9H2,1H3;1H3. The van der Waals surface area contributed by atoms with Gasteiger partial charge in [0, 0.05) is 0 Å². The van der Waals surface area contributed by atoms with E-state index < -0.39 is 0 Å². The van der Waals surface area contributed by atoms with Gasteiger partial charge in [0.05, 0.1) is 10.0 Å². The van der Waals surface area contributed by atoms with Crippen molar-refractivity contribution in [2.24, 2.45) is 0 Å². The summed E-state index contributed by atoms with van der Waals surface area (Å²) >= 11 is 11.9. The lowest BCUT2D eigenvalue weighted by Crippen LogP contribution is -1.98. The molecule has 0 aromatic heterocycles. The van der Waals surface area contributed by atoms with E-state index in [1.54, 1.807) is 0 Å². The Bertz CT molecular complexity index is 497. The van der Waals surface area contributed by atoms with Crippen molar-refractivity contribution in [2.75, 3.05) is 0 Å². The second-order valence-corrected chi connectivity index (χ2v) is 5.08. The molecule has 0 aliphatic rings. The van der Waals surface area contributed by atoms with Crippen molar-refractivity contribution in [3.8, 4) is 0 Å². The normalized spacial score (nSPS) is 11.7. The van der Waals surface area contributed by atoms with Crippen molar-refractivity contribution in [2.45, 2.75) is 19.3 Å². The van der Waals surface area contributed by atoms with Gasteiger partial charge in [-0.05, 0) is 35.6 Å². The fourth-order valence-corrected chi connectivity index (χ4v) is 2.24. The van der Waals surface area contributed by atoms with E-state index in [1.165, 1.54) is 11.1 Å². The minimum absolute atomic E-state index is 0. The van der Waals surface area contributed by atoms with Crippen LogP contribution in [0.5, 0.6) is 0 Å². The number of hydrogen-bond acceptors (Lipinski definition) is 1. The third-order valence-corrected chi connectivity index (χ3v) is 3.63. The van der Waals surface area contributed by atoms with Crippen molar-refractivity contribution in [1.29, 1.82) is 0 Å². The Morgan fingerprint density at radius 3 is 2.22 bits per heavy atom. The summed E-state index contributed by atoms with van der Waals surface area (Å²) in [4.78, 5) is 0. The van der Waals surface area contributed by atoms with Crippen LogP contribution in [0.25, 0.3) is 0 Å². The Morgan fingerprint density at radius 2 is 1.61 bits per heavy atom. The average Bonchev–Trinajstić information content (AvgIpc) is 2.35. The summed E-state index contributed by atoms with van der Waals surface area (Å²) in [7, 11) is 0. The van der Waals surface area contributed by atoms with Crippen LogP contribution in [0.1, 0.15) is 24.0 Å². The molecule has 96 valence electrons. The topological polar surface area (TPSA) is 35.0 Å². The molecule has 0 radical (unpaired) electrons. The van der Waals surface area contributed by atoms with Gasteiger partial charge in [-0.2, -0.15) is 0 Å². The third kappa shape index (κ3) is 3.74. The average molecular weight is 282 g/mol. The van der Waals surface area contributed by atoms with Crippen LogP contribution in [0, 0.1) is 0 Å². The van der Waals surface area contributed by atoms with Crippen LogP contribution >= 0.6 is 23.2 Å². The lowest BCUT2D eigenvalue weighted by Gasteiger charge is -2.12. The van der Waals surface area contributed by atoms with Crippen LogP contribution in [0.3, 0.4) is 0 Å². The first-order chi connectivity index (χ1) is 8.16. The Morgan fingerprint density at radius 1 is 0.944 bits per heavy atom. The van der Waals surface area contributed by atoms with E-state index in [4.69, 9.17) is 23.2 Å². The Hall–Kier alpha value is -1.02. The minimum Gasteiger partial charge on any atom is -0.344 e. The van der Waals surface area contributed by atoms with Crippen LogP contribution in [0.15, 0.2) is 48.5 Å². The monoisotopic (exact) mass is 281 g/mol. The molecule has 0 fully saturated rings. The fourth-order valence-electron chi connectivity index (χ4n) is 1.92. The highest BCUT2D eigenvalue weighted by Gasteiger charge is 2.07. The summed E-state index contributed by atoms with van der Waals surface area (Å²) in [5.41, 5.74) is 2.56. The van der Waals surface area contributed by atoms with Gasteiger partial charge in [-0.1, -0.05) is 66.5 Å². The molecule has 0 saturated carbocycles. The minimum atomic E-state index is 0. The second kappa shape index (κ2) is 6.79. The molecular weight excluding hydrogens is 265 g/mol. The Labute approximate surface area is 118 Å². The molecule has 3 N–H and O–H groups in total. The van der Waals surface area contributed by atoms with E-state index in [0.29, 0.717) is 16.0 Å². The van der Waals surface area contributed by atoms with Crippen LogP contribution in [-0.2, 0) is 6.42 Å². The van der Waals surface area contributed by atoms with E-state index >= 15 is 0 Å². The molecule has 2 aromatic carbocycles. The first kappa shape index (κ1) is 15.0. The summed E-state index contributed by atoms with van der Waals surface area (Å²) in [6.45, 7) is 2.22. The summed E-state index contributed by atoms with van der Waals surface area (Å²) < 4.78 is 0. The highest BCUT2D eigenvalue weighted by molar-refractivity contribution is 6.42. The Balaban J connectivity index is 0.00000162. The summed E-state index contributed by atoms with van der Waals surface area (Å²) in [6, 6.07) is 16.3. The number of benzene rings is 2. The molecule has 0 saturated heterocycles. The predicted molar refractivity (Wildman–Crippen MR) is 80.0 cm³/mol. The van der Waals surface area contributed by atoms with E-state index in [-0.39, 0.29) is 6.15 Å². The van der Waals surface area contributed by atoms with Crippen LogP contribution in [-0.4, -0.2) is 0 Å². The van der Waals surface area contributed by atoms with Crippen molar-refractivity contribution in [3.05, 3.63) is 69.7 Å². The summed E-state index contributed by atoms with van der Waals surface area (Å²) in [5, 5.41) is 1.24. The lowest BCUT2D eigenvalue weighted by molar-refractivity contribution is 0.759. The van der Waals surface area contributed by atoms with Gasteiger partial charge in [0.2, 0.25) is 0 Å². The first-order valence-corrected chi connectivity index (χ1v) is 6.41. The molecule has 0 amide bonds. The van der Waals surface area contributed by atoms with Crippen molar-refractivity contribution >= 4 is 23.2 Å². The molecule has 1 nitrogen and oxygen atoms in total. The zero-order chi connectivity index (χ0) is 12.3. The molecule has 3 heteroatoms. The largest absolute Gasteiger partial charge is 0.344 e. The second-order valence-electron chi connectivity index (χ2n) is 4.26. The SMILES string of the molecule is CC(Cc1ccc(Cl)c(Cl)c1)c1ccccc1.N. The maximum Gasteiger partial charge on any atom is 0.0595 e. The molecule has 18 heavy (non-hydrogen) atoms. The van der Waals surface area contributed by atoms with Crippen LogP contribution < -0.4 is 6.15 Å². The van der Waals surface area contributed by atoms with E-state index in [9.17, 15) is 0 Å². The number of rotatable bonds is 3. The van der Waals surface area contributed by atoms with E-state index in [2.05, 4.69) is 31.2 Å². The maximum absolute atomic E-state index is 6.01. The predicted octanol–water partition coefficient (Wildman–Crippen LogP) is 5.50. The molecule has 1 atom stereocenters. The number of halogens is 2. The van der Waals surface area contributed by atoms with Crippen LogP contribution in [0.2, 0.25) is 10.0 Å². The molecular formula is C15H17Cl2N. The van der Waals surface area contributed by atoms with Crippen molar-refractivity contribution < 1.29 is 0 Å². The third-order valence-electron chi connectivity index (χ3n) is 2.89. The molecule has 1 unspecified atom stereocenters. The van der Waals surface area contributed by atoms with Crippen molar-refractivity contribution in [3.63, 3.8) is 0 Å². The van der Waals surface area contributed by atoms with Gasteiger partial charge in [-0.15, -0.1) is 0 Å². The summed E-state index contributed by atoms with van der Waals surface area (Å²) in [5.74, 6) is 0.480. The van der Waals surface area contributed by atoms with E-state index in [0.717, 1.165) is 6.42 Å². The van der Waals surface area contributed by atoms with E-state index in [1.807, 2.05) is 24.3 Å². The molecule has 2 rings (SSSR count). The molecule has 0 heterocycles. The lowest BCUT2D eigenvalue weighted by atomic mass is 9.94. The van der Waals surface area contributed by atoms with Gasteiger partial charge in [-0.3, -0.25) is 0 Å². The molecule has 0 bridgehead atoms. The Kier molecular flexibility index (Phi) is 5.67. The van der Waals surface area contributed by atoms with Gasteiger partial charge in [-0.25, -0.2) is 0 Å². The molecule has 0 spiro atoms. The summed E-state index contributed by atoms with van der Waals surface area (Å²) in [6.07, 6.45) is 0.973. The van der Waals surface area contributed by atoms with Gasteiger partial charge in [0.1, 0.15) is 0 Å². The fraction of sp³-hybridized carbons (Fsp3) is 0.200. The molecule has 0 aliphatic heterocycles. The van der Waals surface area contributed by atoms with Gasteiger partial charge in [0.25, 0.3) is 0 Å². The zero-order valence-electron chi connectivity index (χ0n) is 10.4. The van der Waals surface area contributed by atoms with Gasteiger partial charge >= 0.3 is 0 Å². The van der Waals surface area contributed by atoms with Crippen molar-refractivity contribution in [1.82, 2.24) is 6.15 Å². The first-order valence-electron chi connectivity index (χ1n) is 5.65. The van der Waals surface area contributed by atoms with Gasteiger partial charge in [0.15, 0.2) is 0 Å². The zero-order valence-corrected chi connectivity index (χ0v) is 11.9. The van der Waals surface area contributed by atoms with Crippen LogP contribution in [0.4, 0.5) is 0 Å². The maximum atomic E-state index is 6.01. The smallest absolute Gasteiger partial charge is 0.0595 e. The quantitative estimate of drug-likeness (QED) is 0.792. The molecule has 2 aromatic rings. The highest BCUT2D eigenvalue weighted by Crippen LogP contribution is 2.26. The number of hydrogen-bond donors (Lipinski definition) is 1.